The highest BCUT2D eigenvalue weighted by Gasteiger charge is 2.18. The van der Waals surface area contributed by atoms with Gasteiger partial charge in [-0.1, -0.05) is 12.1 Å². The topological polar surface area (TPSA) is 44.1 Å². The third kappa shape index (κ3) is 2.99. The van der Waals surface area contributed by atoms with Gasteiger partial charge in [0.25, 0.3) is 0 Å². The van der Waals surface area contributed by atoms with Gasteiger partial charge in [-0.25, -0.2) is 14.2 Å². The molecule has 0 N–H and O–H groups in total. The lowest BCUT2D eigenvalue weighted by molar-refractivity contribution is -0.144. The first-order chi connectivity index (χ1) is 9.11. The number of halogens is 1. The highest BCUT2D eigenvalue weighted by atomic mass is 19.1. The molecular formula is C14H15FN2O2. The standard InChI is InChI=1S/C14H15FN2O2/c1-10(14(18)19-2)17-8-7-16-13(17)9-11-3-5-12(15)6-4-11/h3-8,10H,9H2,1-2H3. The van der Waals surface area contributed by atoms with Crippen molar-refractivity contribution in [3.8, 4) is 0 Å². The van der Waals surface area contributed by atoms with Crippen molar-refractivity contribution < 1.29 is 13.9 Å². The summed E-state index contributed by atoms with van der Waals surface area (Å²) < 4.78 is 19.3. The molecule has 0 aliphatic carbocycles. The van der Waals surface area contributed by atoms with Crippen LogP contribution in [0.4, 0.5) is 4.39 Å². The van der Waals surface area contributed by atoms with Gasteiger partial charge in [-0.05, 0) is 24.6 Å². The van der Waals surface area contributed by atoms with E-state index in [4.69, 9.17) is 4.74 Å². The minimum absolute atomic E-state index is 0.268. The summed E-state index contributed by atoms with van der Waals surface area (Å²) in [6.07, 6.45) is 3.91. The Morgan fingerprint density at radius 2 is 2.11 bits per heavy atom. The fraction of sp³-hybridized carbons (Fsp3) is 0.286. The number of carbonyl (C=O) groups is 1. The van der Waals surface area contributed by atoms with Gasteiger partial charge in [-0.2, -0.15) is 0 Å². The summed E-state index contributed by atoms with van der Waals surface area (Å²) in [7, 11) is 1.36. The van der Waals surface area contributed by atoms with Gasteiger partial charge in [0.15, 0.2) is 0 Å². The van der Waals surface area contributed by atoms with Gasteiger partial charge in [0.05, 0.1) is 7.11 Å². The molecule has 0 spiro atoms. The molecule has 0 aliphatic heterocycles. The normalized spacial score (nSPS) is 12.2. The lowest BCUT2D eigenvalue weighted by atomic mass is 10.1. The number of ether oxygens (including phenoxy) is 1. The van der Waals surface area contributed by atoms with Crippen LogP contribution in [-0.4, -0.2) is 22.6 Å². The second kappa shape index (κ2) is 5.65. The summed E-state index contributed by atoms with van der Waals surface area (Å²) in [6, 6.07) is 5.80. The fourth-order valence-corrected chi connectivity index (χ4v) is 1.90. The van der Waals surface area contributed by atoms with E-state index in [9.17, 15) is 9.18 Å². The number of hydrogen-bond acceptors (Lipinski definition) is 3. The van der Waals surface area contributed by atoms with E-state index in [0.29, 0.717) is 6.42 Å². The molecule has 1 atom stereocenters. The number of imidazole rings is 1. The second-order valence-corrected chi connectivity index (χ2v) is 4.25. The maximum Gasteiger partial charge on any atom is 0.328 e. The van der Waals surface area contributed by atoms with E-state index in [1.807, 2.05) is 0 Å². The van der Waals surface area contributed by atoms with Crippen molar-refractivity contribution >= 4 is 5.97 Å². The van der Waals surface area contributed by atoms with Crippen molar-refractivity contribution in [2.24, 2.45) is 0 Å². The second-order valence-electron chi connectivity index (χ2n) is 4.25. The fourth-order valence-electron chi connectivity index (χ4n) is 1.90. The van der Waals surface area contributed by atoms with E-state index in [-0.39, 0.29) is 11.8 Å². The van der Waals surface area contributed by atoms with Gasteiger partial charge < -0.3 is 9.30 Å². The molecule has 1 unspecified atom stereocenters. The van der Waals surface area contributed by atoms with Crippen LogP contribution in [0.5, 0.6) is 0 Å². The molecule has 19 heavy (non-hydrogen) atoms. The molecule has 1 heterocycles. The molecule has 1 aromatic heterocycles. The SMILES string of the molecule is COC(=O)C(C)n1ccnc1Cc1ccc(F)cc1. The zero-order valence-electron chi connectivity index (χ0n) is 10.8. The van der Waals surface area contributed by atoms with Crippen molar-refractivity contribution in [3.63, 3.8) is 0 Å². The maximum atomic E-state index is 12.8. The van der Waals surface area contributed by atoms with Gasteiger partial charge >= 0.3 is 5.97 Å². The quantitative estimate of drug-likeness (QED) is 0.794. The minimum Gasteiger partial charge on any atom is -0.467 e. The van der Waals surface area contributed by atoms with E-state index in [1.54, 1.807) is 36.0 Å². The predicted molar refractivity (Wildman–Crippen MR) is 68.2 cm³/mol. The summed E-state index contributed by atoms with van der Waals surface area (Å²) in [5.41, 5.74) is 0.936. The monoisotopic (exact) mass is 262 g/mol. The maximum absolute atomic E-state index is 12.8. The molecule has 0 fully saturated rings. The first-order valence-electron chi connectivity index (χ1n) is 5.96. The van der Waals surface area contributed by atoms with Crippen LogP contribution >= 0.6 is 0 Å². The van der Waals surface area contributed by atoms with Crippen LogP contribution < -0.4 is 0 Å². The Morgan fingerprint density at radius 1 is 1.42 bits per heavy atom. The van der Waals surface area contributed by atoms with Crippen LogP contribution in [0.15, 0.2) is 36.7 Å². The summed E-state index contributed by atoms with van der Waals surface area (Å²) in [5, 5.41) is 0. The zero-order chi connectivity index (χ0) is 13.8. The van der Waals surface area contributed by atoms with Gasteiger partial charge in [-0.15, -0.1) is 0 Å². The van der Waals surface area contributed by atoms with Crippen LogP contribution in [0.2, 0.25) is 0 Å². The minimum atomic E-state index is -0.428. The number of rotatable bonds is 4. The van der Waals surface area contributed by atoms with Crippen molar-refractivity contribution in [2.45, 2.75) is 19.4 Å². The molecule has 0 saturated heterocycles. The summed E-state index contributed by atoms with van der Waals surface area (Å²) in [4.78, 5) is 15.8. The zero-order valence-corrected chi connectivity index (χ0v) is 10.8. The average molecular weight is 262 g/mol. The van der Waals surface area contributed by atoms with Crippen molar-refractivity contribution in [1.82, 2.24) is 9.55 Å². The number of esters is 1. The Morgan fingerprint density at radius 3 is 2.74 bits per heavy atom. The number of benzene rings is 1. The van der Waals surface area contributed by atoms with Gasteiger partial charge in [0, 0.05) is 18.8 Å². The van der Waals surface area contributed by atoms with Crippen LogP contribution in [-0.2, 0) is 16.0 Å². The Labute approximate surface area is 110 Å². The largest absolute Gasteiger partial charge is 0.467 e. The molecule has 0 saturated carbocycles. The molecule has 2 aromatic rings. The number of methoxy groups -OCH3 is 1. The molecule has 4 nitrogen and oxygen atoms in total. The third-order valence-electron chi connectivity index (χ3n) is 2.98. The van der Waals surface area contributed by atoms with Gasteiger partial charge in [-0.3, -0.25) is 0 Å². The predicted octanol–water partition coefficient (Wildman–Crippen LogP) is 2.35. The number of hydrogen-bond donors (Lipinski definition) is 0. The van der Waals surface area contributed by atoms with Crippen LogP contribution in [0.1, 0.15) is 24.4 Å². The first kappa shape index (κ1) is 13.3. The van der Waals surface area contributed by atoms with Crippen LogP contribution in [0.25, 0.3) is 0 Å². The number of nitrogens with zero attached hydrogens (tertiary/aromatic N) is 2. The molecule has 2 rings (SSSR count). The number of carbonyl (C=O) groups excluding carboxylic acids is 1. The molecule has 0 aliphatic rings. The van der Waals surface area contributed by atoms with E-state index < -0.39 is 6.04 Å². The summed E-state index contributed by atoms with van der Waals surface area (Å²) in [5.74, 6) is 0.151. The van der Waals surface area contributed by atoms with E-state index >= 15 is 0 Å². The summed E-state index contributed by atoms with van der Waals surface area (Å²) >= 11 is 0. The molecule has 100 valence electrons. The molecule has 0 radical (unpaired) electrons. The third-order valence-corrected chi connectivity index (χ3v) is 2.98. The van der Waals surface area contributed by atoms with Crippen LogP contribution in [0, 0.1) is 5.82 Å². The Bertz CT molecular complexity index is 563. The molecule has 1 aromatic carbocycles. The molecule has 5 heteroatoms. The number of aromatic nitrogens is 2. The average Bonchev–Trinajstić information content (AvgIpc) is 2.87. The van der Waals surface area contributed by atoms with E-state index in [1.165, 1.54) is 19.2 Å². The van der Waals surface area contributed by atoms with E-state index in [0.717, 1.165) is 11.4 Å². The van der Waals surface area contributed by atoms with Crippen molar-refractivity contribution in [3.05, 3.63) is 53.9 Å². The van der Waals surface area contributed by atoms with Crippen LogP contribution in [0.3, 0.4) is 0 Å². The highest BCUT2D eigenvalue weighted by Crippen LogP contribution is 2.15. The Balaban J connectivity index is 2.20. The lowest BCUT2D eigenvalue weighted by Crippen LogP contribution is -2.19. The Hall–Kier alpha value is -2.17. The lowest BCUT2D eigenvalue weighted by Gasteiger charge is -2.14. The van der Waals surface area contributed by atoms with Gasteiger partial charge in [0.2, 0.25) is 0 Å². The van der Waals surface area contributed by atoms with E-state index in [2.05, 4.69) is 4.98 Å². The molecular weight excluding hydrogens is 247 g/mol. The van der Waals surface area contributed by atoms with Crippen molar-refractivity contribution in [1.29, 1.82) is 0 Å². The molecule has 0 amide bonds. The first-order valence-corrected chi connectivity index (χ1v) is 5.96. The highest BCUT2D eigenvalue weighted by molar-refractivity contribution is 5.73. The Kier molecular flexibility index (Phi) is 3.94. The smallest absolute Gasteiger partial charge is 0.328 e. The van der Waals surface area contributed by atoms with Crippen molar-refractivity contribution in [2.75, 3.05) is 7.11 Å². The van der Waals surface area contributed by atoms with Gasteiger partial charge in [0.1, 0.15) is 17.7 Å². The molecule has 0 bridgehead atoms. The summed E-state index contributed by atoms with van der Waals surface area (Å²) in [6.45, 7) is 1.75.